The van der Waals surface area contributed by atoms with E-state index in [1.165, 1.54) is 7.11 Å². The van der Waals surface area contributed by atoms with E-state index in [2.05, 4.69) is 10.3 Å². The summed E-state index contributed by atoms with van der Waals surface area (Å²) in [5.41, 5.74) is 1.41. The van der Waals surface area contributed by atoms with Crippen LogP contribution in [0.2, 0.25) is 0 Å². The Morgan fingerprint density at radius 1 is 1.39 bits per heavy atom. The fourth-order valence-corrected chi connectivity index (χ4v) is 3.83. The van der Waals surface area contributed by atoms with Crippen molar-refractivity contribution in [1.29, 1.82) is 0 Å². The first-order valence-electron chi connectivity index (χ1n) is 6.96. The van der Waals surface area contributed by atoms with Crippen LogP contribution in [0, 0.1) is 5.92 Å². The fraction of sp³-hybridized carbons (Fsp3) is 0.833. The van der Waals surface area contributed by atoms with Gasteiger partial charge in [-0.25, -0.2) is 9.79 Å². The van der Waals surface area contributed by atoms with E-state index in [4.69, 9.17) is 15.2 Å². The zero-order chi connectivity index (χ0) is 17.2. The summed E-state index contributed by atoms with van der Waals surface area (Å²) in [6, 6.07) is 0. The van der Waals surface area contributed by atoms with E-state index in [9.17, 15) is 30.3 Å². The van der Waals surface area contributed by atoms with Crippen LogP contribution in [0.3, 0.4) is 0 Å². The molecule has 23 heavy (non-hydrogen) atoms. The Morgan fingerprint density at radius 2 is 2.04 bits per heavy atom. The van der Waals surface area contributed by atoms with Crippen LogP contribution >= 0.6 is 0 Å². The van der Waals surface area contributed by atoms with E-state index in [0.717, 1.165) is 0 Å². The third-order valence-electron chi connectivity index (χ3n) is 5.00. The highest BCUT2D eigenvalue weighted by atomic mass is 16.6. The molecule has 1 spiro atoms. The molecule has 11 heteroatoms. The number of nitrogens with one attached hydrogen (secondary N) is 1. The second-order valence-corrected chi connectivity index (χ2v) is 6.02. The van der Waals surface area contributed by atoms with Gasteiger partial charge in [-0.15, -0.1) is 0 Å². The van der Waals surface area contributed by atoms with Gasteiger partial charge < -0.3 is 46.1 Å². The van der Waals surface area contributed by atoms with E-state index in [0.29, 0.717) is 0 Å². The van der Waals surface area contributed by atoms with E-state index >= 15 is 0 Å². The second kappa shape index (κ2) is 5.00. The molecule has 0 radical (unpaired) electrons. The molecular formula is C12H19N3O8. The molecule has 0 aromatic heterocycles. The Bertz CT molecular complexity index is 558. The van der Waals surface area contributed by atoms with Crippen LogP contribution < -0.4 is 11.1 Å². The summed E-state index contributed by atoms with van der Waals surface area (Å²) >= 11 is 0. The monoisotopic (exact) mass is 333 g/mol. The smallest absolute Gasteiger partial charge is 0.338 e. The molecule has 2 bridgehead atoms. The first kappa shape index (κ1) is 16.4. The highest BCUT2D eigenvalue weighted by Gasteiger charge is 2.75. The van der Waals surface area contributed by atoms with Crippen LogP contribution in [-0.2, 0) is 14.3 Å². The molecule has 2 heterocycles. The van der Waals surface area contributed by atoms with E-state index in [-0.39, 0.29) is 5.96 Å². The van der Waals surface area contributed by atoms with Gasteiger partial charge in [-0.3, -0.25) is 0 Å². The third kappa shape index (κ3) is 1.80. The van der Waals surface area contributed by atoms with Crippen molar-refractivity contribution in [2.24, 2.45) is 16.6 Å². The van der Waals surface area contributed by atoms with Gasteiger partial charge in [-0.05, 0) is 0 Å². The van der Waals surface area contributed by atoms with Gasteiger partial charge in [0.1, 0.15) is 11.6 Å². The number of carbonyl (C=O) groups is 1. The minimum atomic E-state index is -2.36. The van der Waals surface area contributed by atoms with Crippen LogP contribution in [0.4, 0.5) is 0 Å². The number of aliphatic hydroxyl groups excluding tert-OH is 4. The molecule has 1 aliphatic carbocycles. The normalized spacial score (nSPS) is 52.1. The Labute approximate surface area is 130 Å². The maximum atomic E-state index is 12.0. The molecule has 3 rings (SSSR count). The lowest BCUT2D eigenvalue weighted by Gasteiger charge is -2.62. The number of hydrogen-bond donors (Lipinski definition) is 7. The first-order chi connectivity index (χ1) is 10.7. The van der Waals surface area contributed by atoms with Crippen molar-refractivity contribution in [2.75, 3.05) is 13.7 Å². The highest BCUT2D eigenvalue weighted by molar-refractivity contribution is 5.85. The lowest BCUT2D eigenvalue weighted by atomic mass is 9.57. The van der Waals surface area contributed by atoms with Crippen molar-refractivity contribution in [3.8, 4) is 0 Å². The molecule has 3 aliphatic rings. The number of aliphatic hydroxyl groups is 5. The zero-order valence-electron chi connectivity index (χ0n) is 12.2. The quantitative estimate of drug-likeness (QED) is 0.241. The van der Waals surface area contributed by atoms with E-state index < -0.39 is 60.3 Å². The SMILES string of the molecule is CO[C@H]1N=C(N)NC23[C@@H]1[C@H](O)[C@](O)(CO)[C@H](OC(=O)[C@H]2O)[C@@H]3O. The number of methoxy groups -OCH3 is 1. The van der Waals surface area contributed by atoms with Crippen molar-refractivity contribution in [2.45, 2.75) is 41.8 Å². The molecule has 0 aromatic carbocycles. The summed E-state index contributed by atoms with van der Waals surface area (Å²) in [5.74, 6) is -2.64. The van der Waals surface area contributed by atoms with Gasteiger partial charge in [0, 0.05) is 7.11 Å². The molecule has 11 nitrogen and oxygen atoms in total. The number of guanidine groups is 1. The summed E-state index contributed by atoms with van der Waals surface area (Å²) in [5, 5.41) is 54.1. The second-order valence-electron chi connectivity index (χ2n) is 6.02. The van der Waals surface area contributed by atoms with E-state index in [1.807, 2.05) is 0 Å². The number of carbonyl (C=O) groups excluding carboxylic acids is 1. The molecule has 2 aliphatic heterocycles. The minimum Gasteiger partial charge on any atom is -0.454 e. The maximum Gasteiger partial charge on any atom is 0.338 e. The summed E-state index contributed by atoms with van der Waals surface area (Å²) in [7, 11) is 1.25. The largest absolute Gasteiger partial charge is 0.454 e. The van der Waals surface area contributed by atoms with Crippen molar-refractivity contribution < 1.29 is 39.8 Å². The Kier molecular flexibility index (Phi) is 3.55. The molecule has 1 saturated heterocycles. The Balaban J connectivity index is 2.23. The lowest BCUT2D eigenvalue weighted by molar-refractivity contribution is -0.310. The molecular weight excluding hydrogens is 314 g/mol. The van der Waals surface area contributed by atoms with Gasteiger partial charge in [0.25, 0.3) is 0 Å². The highest BCUT2D eigenvalue weighted by Crippen LogP contribution is 2.49. The molecule has 8 N–H and O–H groups in total. The molecule has 0 amide bonds. The van der Waals surface area contributed by atoms with E-state index in [1.54, 1.807) is 0 Å². The summed E-state index contributed by atoms with van der Waals surface area (Å²) in [6.45, 7) is -0.999. The topological polar surface area (TPSA) is 187 Å². The van der Waals surface area contributed by atoms with Crippen molar-refractivity contribution in [1.82, 2.24) is 5.32 Å². The fourth-order valence-electron chi connectivity index (χ4n) is 3.83. The first-order valence-corrected chi connectivity index (χ1v) is 6.96. The Morgan fingerprint density at radius 3 is 2.61 bits per heavy atom. The number of fused-ring (bicyclic) bond motifs is 1. The number of nitrogens with two attached hydrogens (primary N) is 1. The van der Waals surface area contributed by atoms with Crippen molar-refractivity contribution in [3.05, 3.63) is 0 Å². The minimum absolute atomic E-state index is 0.221. The standard InChI is InChI=1S/C12H19N3O8/c1-22-8-3-4(17)11(21,2-16)7-5(18)12(3,15-10(13)14-8)6(19)9(20)23-7/h3-8,16-19,21H,2H2,1H3,(H3,13,14,15)/t3-,4+,5+,6-,7-,8-,11-,12?/m1/s1. The summed E-state index contributed by atoms with van der Waals surface area (Å²) in [4.78, 5) is 15.9. The van der Waals surface area contributed by atoms with Crippen LogP contribution in [0.5, 0.6) is 0 Å². The summed E-state index contributed by atoms with van der Waals surface area (Å²) in [6.07, 6.45) is -8.18. The van der Waals surface area contributed by atoms with Gasteiger partial charge in [0.05, 0.1) is 18.6 Å². The van der Waals surface area contributed by atoms with Crippen LogP contribution in [0.1, 0.15) is 0 Å². The van der Waals surface area contributed by atoms with Gasteiger partial charge in [0.15, 0.2) is 30.0 Å². The van der Waals surface area contributed by atoms with Gasteiger partial charge in [-0.1, -0.05) is 0 Å². The number of hydrogen-bond acceptors (Lipinski definition) is 11. The van der Waals surface area contributed by atoms with Crippen molar-refractivity contribution in [3.63, 3.8) is 0 Å². The van der Waals surface area contributed by atoms with Crippen molar-refractivity contribution >= 4 is 11.9 Å². The van der Waals surface area contributed by atoms with Gasteiger partial charge in [0.2, 0.25) is 0 Å². The lowest BCUT2D eigenvalue weighted by Crippen LogP contribution is -2.88. The average molecular weight is 333 g/mol. The van der Waals surface area contributed by atoms with Crippen LogP contribution in [0.15, 0.2) is 4.99 Å². The van der Waals surface area contributed by atoms with Gasteiger partial charge >= 0.3 is 5.97 Å². The third-order valence-corrected chi connectivity index (χ3v) is 5.00. The number of esters is 1. The number of rotatable bonds is 2. The summed E-state index contributed by atoms with van der Waals surface area (Å²) < 4.78 is 9.96. The molecule has 0 aromatic rings. The molecule has 1 unspecified atom stereocenters. The Hall–Kier alpha value is -1.50. The van der Waals surface area contributed by atoms with Gasteiger partial charge in [-0.2, -0.15) is 0 Å². The molecule has 8 atom stereocenters. The molecule has 2 fully saturated rings. The van der Waals surface area contributed by atoms with Crippen LogP contribution in [0.25, 0.3) is 0 Å². The molecule has 1 saturated carbocycles. The van der Waals surface area contributed by atoms with Crippen LogP contribution in [-0.4, -0.2) is 93.0 Å². The molecule has 130 valence electrons. The maximum absolute atomic E-state index is 12.0. The number of nitrogens with zero attached hydrogens (tertiary/aromatic N) is 1. The number of ether oxygens (including phenoxy) is 2. The predicted octanol–water partition coefficient (Wildman–Crippen LogP) is -5.02. The number of aliphatic imine (C=N–C) groups is 1. The predicted molar refractivity (Wildman–Crippen MR) is 71.7 cm³/mol. The zero-order valence-corrected chi connectivity index (χ0v) is 12.2. The average Bonchev–Trinajstić information content (AvgIpc) is 2.53.